The van der Waals surface area contributed by atoms with Crippen molar-refractivity contribution in [1.29, 1.82) is 0 Å². The normalized spacial score (nSPS) is 24.8. The average Bonchev–Trinajstić information content (AvgIpc) is 2.18. The van der Waals surface area contributed by atoms with E-state index in [-0.39, 0.29) is 4.75 Å². The third-order valence-electron chi connectivity index (χ3n) is 3.39. The van der Waals surface area contributed by atoms with Crippen LogP contribution < -0.4 is 4.74 Å². The molecule has 1 aromatic carbocycles. The number of thioether (sulfide) groups is 1. The lowest BCUT2D eigenvalue weighted by molar-refractivity contribution is 0.401. The summed E-state index contributed by atoms with van der Waals surface area (Å²) in [5.74, 6) is 2.32. The van der Waals surface area contributed by atoms with Gasteiger partial charge in [0.15, 0.2) is 0 Å². The fraction of sp³-hybridized carbons (Fsp3) is 0.538. The van der Waals surface area contributed by atoms with Crippen LogP contribution >= 0.6 is 11.8 Å². The molecule has 0 N–H and O–H groups in total. The van der Waals surface area contributed by atoms with Crippen molar-refractivity contribution in [2.45, 2.75) is 31.9 Å². The van der Waals surface area contributed by atoms with Crippen molar-refractivity contribution in [3.05, 3.63) is 28.8 Å². The van der Waals surface area contributed by atoms with E-state index in [9.17, 15) is 0 Å². The van der Waals surface area contributed by atoms with Gasteiger partial charge in [-0.05, 0) is 50.1 Å². The Hall–Kier alpha value is -0.630. The van der Waals surface area contributed by atoms with Crippen molar-refractivity contribution in [3.63, 3.8) is 0 Å². The van der Waals surface area contributed by atoms with Gasteiger partial charge in [0.25, 0.3) is 0 Å². The fourth-order valence-corrected chi connectivity index (χ4v) is 3.12. The first-order chi connectivity index (χ1) is 7.07. The molecule has 0 aliphatic carbocycles. The van der Waals surface area contributed by atoms with E-state index in [2.05, 4.69) is 32.9 Å². The van der Waals surface area contributed by atoms with Gasteiger partial charge in [0.2, 0.25) is 0 Å². The molecule has 0 bridgehead atoms. The number of methoxy groups -OCH3 is 1. The summed E-state index contributed by atoms with van der Waals surface area (Å²) in [4.78, 5) is 0. The number of rotatable bonds is 2. The minimum absolute atomic E-state index is 0.282. The van der Waals surface area contributed by atoms with E-state index < -0.39 is 0 Å². The molecule has 2 rings (SSSR count). The van der Waals surface area contributed by atoms with Gasteiger partial charge < -0.3 is 4.74 Å². The molecule has 1 fully saturated rings. The van der Waals surface area contributed by atoms with Crippen molar-refractivity contribution >= 4 is 11.8 Å². The molecule has 0 saturated carbocycles. The number of hydrogen-bond donors (Lipinski definition) is 0. The molecule has 1 saturated heterocycles. The number of hydrogen-bond acceptors (Lipinski definition) is 2. The second-order valence-electron chi connectivity index (χ2n) is 4.47. The van der Waals surface area contributed by atoms with E-state index in [1.807, 2.05) is 11.8 Å². The number of ether oxygens (including phenoxy) is 1. The van der Waals surface area contributed by atoms with Crippen LogP contribution in [0.1, 0.15) is 30.0 Å². The van der Waals surface area contributed by atoms with Gasteiger partial charge in [-0.1, -0.05) is 6.07 Å². The Morgan fingerprint density at radius 2 is 1.87 bits per heavy atom. The van der Waals surface area contributed by atoms with E-state index >= 15 is 0 Å². The zero-order valence-corrected chi connectivity index (χ0v) is 10.7. The summed E-state index contributed by atoms with van der Waals surface area (Å²) in [6.07, 6.45) is 1.26. The Morgan fingerprint density at radius 1 is 1.27 bits per heavy atom. The first kappa shape index (κ1) is 10.9. The SMILES string of the molecule is COc1cc(C)c(C)cc1C1(C)CCS1. The third-order valence-corrected chi connectivity index (χ3v) is 4.85. The highest BCUT2D eigenvalue weighted by Gasteiger charge is 2.37. The van der Waals surface area contributed by atoms with Crippen LogP contribution in [-0.4, -0.2) is 12.9 Å². The van der Waals surface area contributed by atoms with Crippen LogP contribution in [0, 0.1) is 13.8 Å². The Bertz CT molecular complexity index is 380. The van der Waals surface area contributed by atoms with E-state index in [4.69, 9.17) is 4.74 Å². The molecule has 1 heterocycles. The lowest BCUT2D eigenvalue weighted by atomic mass is 9.92. The van der Waals surface area contributed by atoms with Gasteiger partial charge in [-0.15, -0.1) is 0 Å². The van der Waals surface area contributed by atoms with Crippen LogP contribution in [0.2, 0.25) is 0 Å². The Kier molecular flexibility index (Phi) is 2.72. The predicted molar refractivity (Wildman–Crippen MR) is 66.9 cm³/mol. The third kappa shape index (κ3) is 1.76. The molecule has 15 heavy (non-hydrogen) atoms. The van der Waals surface area contributed by atoms with Gasteiger partial charge in [-0.25, -0.2) is 0 Å². The molecule has 1 aliphatic rings. The van der Waals surface area contributed by atoms with Gasteiger partial charge in [0.05, 0.1) is 7.11 Å². The number of aryl methyl sites for hydroxylation is 2. The van der Waals surface area contributed by atoms with Gasteiger partial charge in [0.1, 0.15) is 5.75 Å². The molecular weight excluding hydrogens is 204 g/mol. The first-order valence-corrected chi connectivity index (χ1v) is 6.35. The minimum atomic E-state index is 0.282. The minimum Gasteiger partial charge on any atom is -0.496 e. The quantitative estimate of drug-likeness (QED) is 0.755. The Labute approximate surface area is 96.2 Å². The molecule has 1 unspecified atom stereocenters. The van der Waals surface area contributed by atoms with Crippen LogP contribution in [0.4, 0.5) is 0 Å². The highest BCUT2D eigenvalue weighted by Crippen LogP contribution is 2.51. The molecule has 82 valence electrons. The van der Waals surface area contributed by atoms with Crippen LogP contribution in [0.5, 0.6) is 5.75 Å². The molecule has 0 amide bonds. The maximum atomic E-state index is 5.49. The smallest absolute Gasteiger partial charge is 0.123 e. The predicted octanol–water partition coefficient (Wildman–Crippen LogP) is 3.66. The van der Waals surface area contributed by atoms with Crippen LogP contribution in [0.25, 0.3) is 0 Å². The molecule has 1 aliphatic heterocycles. The maximum absolute atomic E-state index is 5.49. The summed E-state index contributed by atoms with van der Waals surface area (Å²) < 4.78 is 5.77. The van der Waals surface area contributed by atoms with E-state index in [1.54, 1.807) is 7.11 Å². The molecule has 1 nitrogen and oxygen atoms in total. The zero-order chi connectivity index (χ0) is 11.1. The molecule has 1 aromatic rings. The van der Waals surface area contributed by atoms with Crippen molar-refractivity contribution in [3.8, 4) is 5.75 Å². The first-order valence-electron chi connectivity index (χ1n) is 5.36. The lowest BCUT2D eigenvalue weighted by Gasteiger charge is -2.39. The maximum Gasteiger partial charge on any atom is 0.123 e. The topological polar surface area (TPSA) is 9.23 Å². The zero-order valence-electron chi connectivity index (χ0n) is 9.89. The summed E-state index contributed by atoms with van der Waals surface area (Å²) in [5.41, 5.74) is 4.03. The molecule has 2 heteroatoms. The summed E-state index contributed by atoms with van der Waals surface area (Å²) in [6, 6.07) is 4.45. The van der Waals surface area contributed by atoms with Crippen molar-refractivity contribution in [1.82, 2.24) is 0 Å². The van der Waals surface area contributed by atoms with Gasteiger partial charge >= 0.3 is 0 Å². The van der Waals surface area contributed by atoms with Crippen molar-refractivity contribution in [2.75, 3.05) is 12.9 Å². The van der Waals surface area contributed by atoms with E-state index in [1.165, 1.54) is 28.9 Å². The highest BCUT2D eigenvalue weighted by molar-refractivity contribution is 8.01. The summed E-state index contributed by atoms with van der Waals surface area (Å²) >= 11 is 2.02. The van der Waals surface area contributed by atoms with Gasteiger partial charge in [0, 0.05) is 10.3 Å². The highest BCUT2D eigenvalue weighted by atomic mass is 32.2. The molecule has 0 aromatic heterocycles. The second-order valence-corrected chi connectivity index (χ2v) is 6.06. The second kappa shape index (κ2) is 3.75. The van der Waals surface area contributed by atoms with Gasteiger partial charge in [-0.3, -0.25) is 0 Å². The monoisotopic (exact) mass is 222 g/mol. The van der Waals surface area contributed by atoms with Gasteiger partial charge in [-0.2, -0.15) is 11.8 Å². The van der Waals surface area contributed by atoms with E-state index in [0.29, 0.717) is 0 Å². The van der Waals surface area contributed by atoms with Crippen LogP contribution in [0.15, 0.2) is 12.1 Å². The largest absolute Gasteiger partial charge is 0.496 e. The number of benzene rings is 1. The van der Waals surface area contributed by atoms with Crippen molar-refractivity contribution in [2.24, 2.45) is 0 Å². The van der Waals surface area contributed by atoms with Crippen LogP contribution in [-0.2, 0) is 4.75 Å². The molecule has 1 atom stereocenters. The Balaban J connectivity index is 2.49. The molecular formula is C13H18OS. The summed E-state index contributed by atoms with van der Waals surface area (Å²) in [5, 5.41) is 0. The Morgan fingerprint density at radius 3 is 2.33 bits per heavy atom. The van der Waals surface area contributed by atoms with Crippen LogP contribution in [0.3, 0.4) is 0 Å². The van der Waals surface area contributed by atoms with E-state index in [0.717, 1.165) is 5.75 Å². The summed E-state index contributed by atoms with van der Waals surface area (Å²) in [7, 11) is 1.76. The molecule has 0 spiro atoms. The fourth-order valence-electron chi connectivity index (χ4n) is 1.99. The standard InChI is InChI=1S/C13H18OS/c1-9-7-11(13(3)5-6-15-13)12(14-4)8-10(9)2/h7-8H,5-6H2,1-4H3. The molecule has 0 radical (unpaired) electrons. The average molecular weight is 222 g/mol. The van der Waals surface area contributed by atoms with Crippen molar-refractivity contribution < 1.29 is 4.74 Å². The lowest BCUT2D eigenvalue weighted by Crippen LogP contribution is -2.28. The summed E-state index contributed by atoms with van der Waals surface area (Å²) in [6.45, 7) is 6.62.